The lowest BCUT2D eigenvalue weighted by Gasteiger charge is -2.40. The maximum Gasteiger partial charge on any atom is 0.0193 e. The number of rotatable bonds is 5. The lowest BCUT2D eigenvalue weighted by Crippen LogP contribution is -2.54. The fourth-order valence-electron chi connectivity index (χ4n) is 2.09. The molecule has 1 N–H and O–H groups in total. The number of piperazine rings is 1. The molecule has 1 fully saturated rings. The Morgan fingerprint density at radius 3 is 2.73 bits per heavy atom. The summed E-state index contributed by atoms with van der Waals surface area (Å²) >= 11 is 0. The third-order valence-electron chi connectivity index (χ3n) is 3.48. The molecule has 1 aliphatic heterocycles. The van der Waals surface area contributed by atoms with Crippen LogP contribution in [0.15, 0.2) is 0 Å². The van der Waals surface area contributed by atoms with Crippen molar-refractivity contribution in [2.24, 2.45) is 0 Å². The second-order valence-electron chi connectivity index (χ2n) is 4.88. The number of likely N-dealkylation sites (N-methyl/N-ethyl adjacent to an activating group) is 1. The van der Waals surface area contributed by atoms with E-state index in [0.717, 1.165) is 13.1 Å². The van der Waals surface area contributed by atoms with Gasteiger partial charge in [0.25, 0.3) is 0 Å². The smallest absolute Gasteiger partial charge is 0.0193 e. The van der Waals surface area contributed by atoms with Crippen molar-refractivity contribution in [2.45, 2.75) is 39.3 Å². The van der Waals surface area contributed by atoms with Crippen LogP contribution in [-0.2, 0) is 0 Å². The van der Waals surface area contributed by atoms with E-state index in [1.807, 2.05) is 0 Å². The molecule has 2 atom stereocenters. The fourth-order valence-corrected chi connectivity index (χ4v) is 2.09. The quantitative estimate of drug-likeness (QED) is 0.688. The second kappa shape index (κ2) is 6.46. The van der Waals surface area contributed by atoms with Gasteiger partial charge in [0, 0.05) is 38.3 Å². The highest BCUT2D eigenvalue weighted by molar-refractivity contribution is 4.80. The van der Waals surface area contributed by atoms with Gasteiger partial charge in [0.15, 0.2) is 0 Å². The zero-order valence-electron chi connectivity index (χ0n) is 10.8. The Kier molecular flexibility index (Phi) is 5.58. The molecular weight excluding hydrogens is 186 g/mol. The molecule has 0 aliphatic carbocycles. The molecular formula is C12H27N3. The Morgan fingerprint density at radius 2 is 2.13 bits per heavy atom. The molecule has 0 aromatic carbocycles. The predicted molar refractivity (Wildman–Crippen MR) is 66.3 cm³/mol. The van der Waals surface area contributed by atoms with E-state index in [-0.39, 0.29) is 0 Å². The molecule has 3 nitrogen and oxygen atoms in total. The van der Waals surface area contributed by atoms with Crippen LogP contribution < -0.4 is 5.32 Å². The van der Waals surface area contributed by atoms with Crippen LogP contribution in [0, 0.1) is 0 Å². The summed E-state index contributed by atoms with van der Waals surface area (Å²) < 4.78 is 0. The van der Waals surface area contributed by atoms with Gasteiger partial charge < -0.3 is 10.2 Å². The van der Waals surface area contributed by atoms with Gasteiger partial charge >= 0.3 is 0 Å². The molecule has 1 rings (SSSR count). The van der Waals surface area contributed by atoms with Gasteiger partial charge in [-0.15, -0.1) is 0 Å². The maximum absolute atomic E-state index is 3.50. The van der Waals surface area contributed by atoms with E-state index in [0.29, 0.717) is 12.1 Å². The van der Waals surface area contributed by atoms with Crippen molar-refractivity contribution in [2.75, 3.05) is 39.8 Å². The fraction of sp³-hybridized carbons (Fsp3) is 1.00. The molecule has 0 spiro atoms. The molecule has 0 aromatic heterocycles. The van der Waals surface area contributed by atoms with Crippen LogP contribution in [0.5, 0.6) is 0 Å². The SMILES string of the molecule is CCCNCC(C)N1CCN(C)C(C)C1. The summed E-state index contributed by atoms with van der Waals surface area (Å²) in [5, 5.41) is 3.50. The molecule has 0 saturated carbocycles. The number of hydrogen-bond donors (Lipinski definition) is 1. The molecule has 3 heteroatoms. The second-order valence-corrected chi connectivity index (χ2v) is 4.88. The Bertz CT molecular complexity index is 172. The summed E-state index contributed by atoms with van der Waals surface area (Å²) in [7, 11) is 2.22. The van der Waals surface area contributed by atoms with Crippen molar-refractivity contribution in [3.05, 3.63) is 0 Å². The van der Waals surface area contributed by atoms with Crippen LogP contribution in [0.4, 0.5) is 0 Å². The summed E-state index contributed by atoms with van der Waals surface area (Å²) in [5.74, 6) is 0. The number of nitrogens with one attached hydrogen (secondary N) is 1. The maximum atomic E-state index is 3.50. The van der Waals surface area contributed by atoms with Crippen molar-refractivity contribution < 1.29 is 0 Å². The summed E-state index contributed by atoms with van der Waals surface area (Å²) in [5.41, 5.74) is 0. The lowest BCUT2D eigenvalue weighted by molar-refractivity contribution is 0.0774. The third-order valence-corrected chi connectivity index (χ3v) is 3.48. The van der Waals surface area contributed by atoms with Gasteiger partial charge in [0.2, 0.25) is 0 Å². The molecule has 1 heterocycles. The van der Waals surface area contributed by atoms with Crippen molar-refractivity contribution in [3.8, 4) is 0 Å². The molecule has 0 bridgehead atoms. The van der Waals surface area contributed by atoms with Gasteiger partial charge in [0.1, 0.15) is 0 Å². The van der Waals surface area contributed by atoms with Gasteiger partial charge in [-0.2, -0.15) is 0 Å². The molecule has 2 unspecified atom stereocenters. The summed E-state index contributed by atoms with van der Waals surface area (Å²) in [6.07, 6.45) is 1.23. The first kappa shape index (κ1) is 12.9. The van der Waals surface area contributed by atoms with Gasteiger partial charge in [-0.05, 0) is 33.9 Å². The van der Waals surface area contributed by atoms with E-state index in [2.05, 4.69) is 42.9 Å². The van der Waals surface area contributed by atoms with Crippen LogP contribution in [0.3, 0.4) is 0 Å². The molecule has 1 saturated heterocycles. The molecule has 1 aliphatic rings. The van der Waals surface area contributed by atoms with Crippen molar-refractivity contribution in [3.63, 3.8) is 0 Å². The Hall–Kier alpha value is -0.120. The molecule has 15 heavy (non-hydrogen) atoms. The standard InChI is InChI=1S/C12H27N3/c1-5-6-13-9-11(2)15-8-7-14(4)12(3)10-15/h11-13H,5-10H2,1-4H3. The highest BCUT2D eigenvalue weighted by Crippen LogP contribution is 2.09. The molecule has 90 valence electrons. The first-order valence-electron chi connectivity index (χ1n) is 6.30. The molecule has 0 radical (unpaired) electrons. The minimum Gasteiger partial charge on any atom is -0.315 e. The number of hydrogen-bond acceptors (Lipinski definition) is 3. The highest BCUT2D eigenvalue weighted by atomic mass is 15.3. The van der Waals surface area contributed by atoms with Gasteiger partial charge in [-0.25, -0.2) is 0 Å². The molecule has 0 amide bonds. The normalized spacial score (nSPS) is 26.8. The van der Waals surface area contributed by atoms with E-state index in [9.17, 15) is 0 Å². The van der Waals surface area contributed by atoms with Crippen LogP contribution in [0.2, 0.25) is 0 Å². The van der Waals surface area contributed by atoms with Crippen molar-refractivity contribution in [1.29, 1.82) is 0 Å². The first-order chi connectivity index (χ1) is 7.15. The third kappa shape index (κ3) is 4.09. The predicted octanol–water partition coefficient (Wildman–Crippen LogP) is 1.01. The van der Waals surface area contributed by atoms with E-state index in [4.69, 9.17) is 0 Å². The van der Waals surface area contributed by atoms with E-state index >= 15 is 0 Å². The molecule has 0 aromatic rings. The van der Waals surface area contributed by atoms with Crippen LogP contribution in [0.25, 0.3) is 0 Å². The average molecular weight is 213 g/mol. The van der Waals surface area contributed by atoms with Crippen LogP contribution in [-0.4, -0.2) is 61.7 Å². The first-order valence-corrected chi connectivity index (χ1v) is 6.30. The van der Waals surface area contributed by atoms with Crippen LogP contribution in [0.1, 0.15) is 27.2 Å². The summed E-state index contributed by atoms with van der Waals surface area (Å²) in [4.78, 5) is 5.05. The topological polar surface area (TPSA) is 18.5 Å². The van der Waals surface area contributed by atoms with Crippen LogP contribution >= 0.6 is 0 Å². The Labute approximate surface area is 94.8 Å². The van der Waals surface area contributed by atoms with E-state index in [1.165, 1.54) is 26.1 Å². The Balaban J connectivity index is 2.24. The van der Waals surface area contributed by atoms with Crippen molar-refractivity contribution in [1.82, 2.24) is 15.1 Å². The van der Waals surface area contributed by atoms with E-state index < -0.39 is 0 Å². The Morgan fingerprint density at radius 1 is 1.40 bits per heavy atom. The summed E-state index contributed by atoms with van der Waals surface area (Å²) in [6, 6.07) is 1.38. The van der Waals surface area contributed by atoms with E-state index in [1.54, 1.807) is 0 Å². The zero-order valence-corrected chi connectivity index (χ0v) is 10.8. The minimum atomic E-state index is 0.674. The average Bonchev–Trinajstić information content (AvgIpc) is 2.22. The van der Waals surface area contributed by atoms with Crippen molar-refractivity contribution >= 4 is 0 Å². The van der Waals surface area contributed by atoms with Gasteiger partial charge in [-0.3, -0.25) is 4.90 Å². The zero-order chi connectivity index (χ0) is 11.3. The number of nitrogens with zero attached hydrogens (tertiary/aromatic N) is 2. The largest absolute Gasteiger partial charge is 0.315 e. The lowest BCUT2D eigenvalue weighted by atomic mass is 10.1. The minimum absolute atomic E-state index is 0.674. The highest BCUT2D eigenvalue weighted by Gasteiger charge is 2.23. The van der Waals surface area contributed by atoms with Gasteiger partial charge in [0.05, 0.1) is 0 Å². The monoisotopic (exact) mass is 213 g/mol. The van der Waals surface area contributed by atoms with Gasteiger partial charge in [-0.1, -0.05) is 6.92 Å². The summed E-state index contributed by atoms with van der Waals surface area (Å²) in [6.45, 7) is 12.8.